The topological polar surface area (TPSA) is 123 Å². The highest BCUT2D eigenvalue weighted by Crippen LogP contribution is 2.28. The number of ether oxygens (including phenoxy) is 1. The first-order chi connectivity index (χ1) is 16.4. The number of aryl methyl sites for hydroxylation is 2. The van der Waals surface area contributed by atoms with Crippen molar-refractivity contribution in [2.75, 3.05) is 24.0 Å². The number of anilines is 2. The maximum atomic E-state index is 12.8. The van der Waals surface area contributed by atoms with Crippen LogP contribution < -0.4 is 15.4 Å². The van der Waals surface area contributed by atoms with E-state index >= 15 is 0 Å². The van der Waals surface area contributed by atoms with Crippen LogP contribution in [0.4, 0.5) is 11.4 Å². The van der Waals surface area contributed by atoms with Crippen LogP contribution in [0.25, 0.3) is 5.78 Å². The first kappa shape index (κ1) is 23.2. The SMILES string of the molecule is COc1cc(NC(=O)Cc2c(C)nc3nc(SC)nn3c2C)ccc1NC(=O)c1cccnc1. The highest BCUT2D eigenvalue weighted by atomic mass is 32.2. The van der Waals surface area contributed by atoms with Gasteiger partial charge in [0, 0.05) is 41.1 Å². The highest BCUT2D eigenvalue weighted by molar-refractivity contribution is 7.98. The number of hydrogen-bond acceptors (Lipinski definition) is 8. The number of hydrogen-bond donors (Lipinski definition) is 2. The minimum Gasteiger partial charge on any atom is -0.494 e. The van der Waals surface area contributed by atoms with E-state index in [0.29, 0.717) is 33.6 Å². The third kappa shape index (κ3) is 4.84. The Morgan fingerprint density at radius 3 is 2.68 bits per heavy atom. The Morgan fingerprint density at radius 2 is 1.97 bits per heavy atom. The number of rotatable bonds is 7. The molecular formula is C23H23N7O3S. The molecule has 0 aliphatic rings. The number of carbonyl (C=O) groups excluding carboxylic acids is 2. The second kappa shape index (κ2) is 9.87. The lowest BCUT2D eigenvalue weighted by atomic mass is 10.1. The molecule has 174 valence electrons. The van der Waals surface area contributed by atoms with Crippen LogP contribution >= 0.6 is 11.8 Å². The van der Waals surface area contributed by atoms with E-state index in [2.05, 4.69) is 30.7 Å². The molecule has 0 aliphatic carbocycles. The van der Waals surface area contributed by atoms with Crippen molar-refractivity contribution in [3.63, 3.8) is 0 Å². The fraction of sp³-hybridized carbons (Fsp3) is 0.217. The van der Waals surface area contributed by atoms with E-state index in [0.717, 1.165) is 17.0 Å². The van der Waals surface area contributed by atoms with Crippen LogP contribution in [0, 0.1) is 13.8 Å². The molecule has 4 aromatic rings. The summed E-state index contributed by atoms with van der Waals surface area (Å²) in [5.41, 5.74) is 3.77. The van der Waals surface area contributed by atoms with Crippen molar-refractivity contribution in [1.29, 1.82) is 0 Å². The molecule has 0 atom stereocenters. The number of pyridine rings is 1. The predicted molar refractivity (Wildman–Crippen MR) is 130 cm³/mol. The molecule has 10 nitrogen and oxygen atoms in total. The second-order valence-electron chi connectivity index (χ2n) is 7.41. The number of carbonyl (C=O) groups is 2. The minimum absolute atomic E-state index is 0.122. The summed E-state index contributed by atoms with van der Waals surface area (Å²) < 4.78 is 7.07. The minimum atomic E-state index is -0.310. The van der Waals surface area contributed by atoms with Gasteiger partial charge in [0.15, 0.2) is 0 Å². The van der Waals surface area contributed by atoms with Gasteiger partial charge in [-0.25, -0.2) is 9.50 Å². The molecule has 34 heavy (non-hydrogen) atoms. The maximum Gasteiger partial charge on any atom is 0.257 e. The summed E-state index contributed by atoms with van der Waals surface area (Å²) in [7, 11) is 1.50. The molecule has 0 saturated carbocycles. The molecule has 3 aromatic heterocycles. The van der Waals surface area contributed by atoms with Gasteiger partial charge in [-0.3, -0.25) is 14.6 Å². The number of benzene rings is 1. The quantitative estimate of drug-likeness (QED) is 0.389. The zero-order valence-electron chi connectivity index (χ0n) is 19.1. The number of fused-ring (bicyclic) bond motifs is 1. The Labute approximate surface area is 200 Å². The van der Waals surface area contributed by atoms with Crippen LogP contribution in [0.15, 0.2) is 47.9 Å². The third-order valence-electron chi connectivity index (χ3n) is 5.21. The molecule has 2 N–H and O–H groups in total. The van der Waals surface area contributed by atoms with Gasteiger partial charge in [0.2, 0.25) is 11.1 Å². The summed E-state index contributed by atoms with van der Waals surface area (Å²) in [4.78, 5) is 38.1. The van der Waals surface area contributed by atoms with Crippen LogP contribution in [0.5, 0.6) is 5.75 Å². The van der Waals surface area contributed by atoms with Crippen molar-refractivity contribution in [2.45, 2.75) is 25.4 Å². The number of amides is 2. The summed E-state index contributed by atoms with van der Waals surface area (Å²) in [6.07, 6.45) is 5.10. The van der Waals surface area contributed by atoms with Crippen molar-refractivity contribution in [1.82, 2.24) is 24.6 Å². The molecule has 0 unspecified atom stereocenters. The van der Waals surface area contributed by atoms with Crippen LogP contribution in [0.2, 0.25) is 0 Å². The molecule has 0 spiro atoms. The molecule has 0 bridgehead atoms. The number of aromatic nitrogens is 5. The van der Waals surface area contributed by atoms with E-state index in [-0.39, 0.29) is 18.2 Å². The molecule has 11 heteroatoms. The molecular weight excluding hydrogens is 454 g/mol. The van der Waals surface area contributed by atoms with Gasteiger partial charge in [0.05, 0.1) is 24.8 Å². The average molecular weight is 478 g/mol. The maximum absolute atomic E-state index is 12.8. The fourth-order valence-corrected chi connectivity index (χ4v) is 3.80. The van der Waals surface area contributed by atoms with Gasteiger partial charge < -0.3 is 15.4 Å². The van der Waals surface area contributed by atoms with Crippen molar-refractivity contribution in [3.8, 4) is 5.75 Å². The van der Waals surface area contributed by atoms with E-state index in [9.17, 15) is 9.59 Å². The molecule has 1 aromatic carbocycles. The zero-order chi connectivity index (χ0) is 24.2. The van der Waals surface area contributed by atoms with E-state index < -0.39 is 0 Å². The number of methoxy groups -OCH3 is 1. The van der Waals surface area contributed by atoms with Crippen molar-refractivity contribution in [3.05, 3.63) is 65.2 Å². The summed E-state index contributed by atoms with van der Waals surface area (Å²) in [6, 6.07) is 8.38. The molecule has 0 radical (unpaired) electrons. The molecule has 0 aliphatic heterocycles. The van der Waals surface area contributed by atoms with Crippen LogP contribution in [0.3, 0.4) is 0 Å². The molecule has 2 amide bonds. The van der Waals surface area contributed by atoms with Gasteiger partial charge in [-0.05, 0) is 44.4 Å². The Balaban J connectivity index is 1.49. The Hall–Kier alpha value is -3.99. The number of nitrogens with one attached hydrogen (secondary N) is 2. The van der Waals surface area contributed by atoms with Gasteiger partial charge in [0.25, 0.3) is 11.7 Å². The van der Waals surface area contributed by atoms with Gasteiger partial charge in [-0.15, -0.1) is 5.10 Å². The lowest BCUT2D eigenvalue weighted by Gasteiger charge is -2.14. The van der Waals surface area contributed by atoms with E-state index in [1.165, 1.54) is 25.1 Å². The number of thioether (sulfide) groups is 1. The van der Waals surface area contributed by atoms with Crippen LogP contribution in [-0.2, 0) is 11.2 Å². The first-order valence-corrected chi connectivity index (χ1v) is 11.6. The molecule has 3 heterocycles. The monoisotopic (exact) mass is 477 g/mol. The predicted octanol–water partition coefficient (Wildman–Crippen LogP) is 3.30. The second-order valence-corrected chi connectivity index (χ2v) is 8.18. The molecule has 0 fully saturated rings. The lowest BCUT2D eigenvalue weighted by Crippen LogP contribution is -2.18. The Kier molecular flexibility index (Phi) is 6.73. The summed E-state index contributed by atoms with van der Waals surface area (Å²) in [5.74, 6) is 0.399. The lowest BCUT2D eigenvalue weighted by molar-refractivity contribution is -0.115. The average Bonchev–Trinajstić information content (AvgIpc) is 3.26. The van der Waals surface area contributed by atoms with Gasteiger partial charge in [-0.2, -0.15) is 4.98 Å². The smallest absolute Gasteiger partial charge is 0.257 e. The fourth-order valence-electron chi connectivity index (χ4n) is 3.46. The van der Waals surface area contributed by atoms with Crippen molar-refractivity contribution in [2.24, 2.45) is 0 Å². The standard InChI is InChI=1S/C23H23N7O3S/c1-13-17(14(2)30-22(25-13)28-23(29-30)34-4)11-20(31)26-16-7-8-18(19(10-16)33-3)27-21(32)15-6-5-9-24-12-15/h5-10,12H,11H2,1-4H3,(H,26,31)(H,27,32). The Morgan fingerprint density at radius 1 is 1.15 bits per heavy atom. The first-order valence-electron chi connectivity index (χ1n) is 10.4. The van der Waals surface area contributed by atoms with Gasteiger partial charge >= 0.3 is 0 Å². The van der Waals surface area contributed by atoms with Gasteiger partial charge in [0.1, 0.15) is 5.75 Å². The van der Waals surface area contributed by atoms with E-state index in [1.807, 2.05) is 20.1 Å². The number of nitrogens with zero attached hydrogens (tertiary/aromatic N) is 5. The van der Waals surface area contributed by atoms with Crippen molar-refractivity contribution < 1.29 is 14.3 Å². The zero-order valence-corrected chi connectivity index (χ0v) is 19.9. The van der Waals surface area contributed by atoms with E-state index in [4.69, 9.17) is 4.74 Å². The van der Waals surface area contributed by atoms with Crippen LogP contribution in [-0.4, -0.2) is 49.7 Å². The highest BCUT2D eigenvalue weighted by Gasteiger charge is 2.17. The Bertz CT molecular complexity index is 1370. The van der Waals surface area contributed by atoms with E-state index in [1.54, 1.807) is 41.0 Å². The third-order valence-corrected chi connectivity index (χ3v) is 5.74. The summed E-state index contributed by atoms with van der Waals surface area (Å²) in [5, 5.41) is 10.7. The normalized spacial score (nSPS) is 10.8. The van der Waals surface area contributed by atoms with Crippen LogP contribution in [0.1, 0.15) is 27.3 Å². The van der Waals surface area contributed by atoms with Crippen molar-refractivity contribution >= 4 is 40.7 Å². The molecule has 4 rings (SSSR count). The van der Waals surface area contributed by atoms with Gasteiger partial charge in [-0.1, -0.05) is 11.8 Å². The largest absolute Gasteiger partial charge is 0.494 e. The summed E-state index contributed by atoms with van der Waals surface area (Å²) in [6.45, 7) is 3.75. The summed E-state index contributed by atoms with van der Waals surface area (Å²) >= 11 is 1.43. The molecule has 0 saturated heterocycles.